The van der Waals surface area contributed by atoms with Crippen LogP contribution in [0.15, 0.2) is 12.1 Å². The summed E-state index contributed by atoms with van der Waals surface area (Å²) in [6.45, 7) is 2.25. The van der Waals surface area contributed by atoms with Crippen LogP contribution in [0, 0.1) is 6.92 Å². The monoisotopic (exact) mass is 227 g/mol. The molecular weight excluding hydrogens is 214 g/mol. The molecule has 1 amide bonds. The highest BCUT2D eigenvalue weighted by Crippen LogP contribution is 2.14. The van der Waals surface area contributed by atoms with Gasteiger partial charge in [-0.1, -0.05) is 0 Å². The number of ether oxygens (including phenoxy) is 1. The second-order valence-electron chi connectivity index (χ2n) is 2.99. The summed E-state index contributed by atoms with van der Waals surface area (Å²) in [4.78, 5) is 24.0. The van der Waals surface area contributed by atoms with Crippen LogP contribution < -0.4 is 5.32 Å². The minimum atomic E-state index is -0.322. The van der Waals surface area contributed by atoms with Gasteiger partial charge in [-0.25, -0.2) is 0 Å². The number of nitrogens with one attached hydrogen (secondary N) is 1. The molecule has 0 aliphatic rings. The molecule has 1 aromatic heterocycles. The molecule has 0 atom stereocenters. The molecule has 1 rings (SSSR count). The third kappa shape index (κ3) is 3.71. The molecule has 5 heteroatoms. The summed E-state index contributed by atoms with van der Waals surface area (Å²) < 4.78 is 4.45. The molecule has 1 N–H and O–H groups in total. The molecule has 0 saturated heterocycles. The average Bonchev–Trinajstić information content (AvgIpc) is 2.64. The van der Waals surface area contributed by atoms with Crippen molar-refractivity contribution in [2.75, 3.05) is 13.7 Å². The lowest BCUT2D eigenvalue weighted by molar-refractivity contribution is -0.140. The number of hydrogen-bond acceptors (Lipinski definition) is 4. The van der Waals surface area contributed by atoms with Crippen LogP contribution in [0.2, 0.25) is 0 Å². The third-order valence-corrected chi connectivity index (χ3v) is 2.81. The summed E-state index contributed by atoms with van der Waals surface area (Å²) in [5.74, 6) is -0.463. The molecule has 0 unspecified atom stereocenters. The highest BCUT2D eigenvalue weighted by molar-refractivity contribution is 7.13. The SMILES string of the molecule is COC(=O)CCNC(=O)c1ccc(C)s1. The highest BCUT2D eigenvalue weighted by Gasteiger charge is 2.08. The molecule has 4 nitrogen and oxygen atoms in total. The van der Waals surface area contributed by atoms with Gasteiger partial charge in [0, 0.05) is 11.4 Å². The Kier molecular flexibility index (Phi) is 4.30. The fraction of sp³-hybridized carbons (Fsp3) is 0.400. The predicted octanol–water partition coefficient (Wildman–Crippen LogP) is 1.35. The maximum absolute atomic E-state index is 11.5. The average molecular weight is 227 g/mol. The van der Waals surface area contributed by atoms with Crippen molar-refractivity contribution in [2.24, 2.45) is 0 Å². The van der Waals surface area contributed by atoms with Crippen LogP contribution in [0.4, 0.5) is 0 Å². The first kappa shape index (κ1) is 11.7. The van der Waals surface area contributed by atoms with E-state index < -0.39 is 0 Å². The van der Waals surface area contributed by atoms with Crippen molar-refractivity contribution in [1.82, 2.24) is 5.32 Å². The molecule has 0 aliphatic heterocycles. The largest absolute Gasteiger partial charge is 0.469 e. The van der Waals surface area contributed by atoms with Gasteiger partial charge in [0.1, 0.15) is 0 Å². The number of carbonyl (C=O) groups excluding carboxylic acids is 2. The zero-order valence-electron chi connectivity index (χ0n) is 8.70. The van der Waals surface area contributed by atoms with Gasteiger partial charge in [0.2, 0.25) is 0 Å². The Morgan fingerprint density at radius 3 is 2.73 bits per heavy atom. The molecule has 15 heavy (non-hydrogen) atoms. The van der Waals surface area contributed by atoms with E-state index in [1.165, 1.54) is 18.4 Å². The quantitative estimate of drug-likeness (QED) is 0.790. The van der Waals surface area contributed by atoms with Crippen LogP contribution in [0.5, 0.6) is 0 Å². The highest BCUT2D eigenvalue weighted by atomic mass is 32.1. The van der Waals surface area contributed by atoms with E-state index in [-0.39, 0.29) is 18.3 Å². The minimum absolute atomic E-state index is 0.142. The van der Waals surface area contributed by atoms with Gasteiger partial charge >= 0.3 is 5.97 Å². The summed E-state index contributed by atoms with van der Waals surface area (Å²) >= 11 is 1.43. The Morgan fingerprint density at radius 1 is 1.47 bits per heavy atom. The Morgan fingerprint density at radius 2 is 2.20 bits per heavy atom. The number of hydrogen-bond donors (Lipinski definition) is 1. The number of methoxy groups -OCH3 is 1. The number of thiophene rings is 1. The molecular formula is C10H13NO3S. The zero-order chi connectivity index (χ0) is 11.3. The fourth-order valence-corrected chi connectivity index (χ4v) is 1.81. The second-order valence-corrected chi connectivity index (χ2v) is 4.28. The van der Waals surface area contributed by atoms with Gasteiger partial charge in [-0.15, -0.1) is 11.3 Å². The number of amides is 1. The first-order chi connectivity index (χ1) is 7.13. The summed E-state index contributed by atoms with van der Waals surface area (Å²) in [7, 11) is 1.33. The topological polar surface area (TPSA) is 55.4 Å². The van der Waals surface area contributed by atoms with Crippen LogP contribution in [0.3, 0.4) is 0 Å². The molecule has 0 bridgehead atoms. The van der Waals surface area contributed by atoms with E-state index in [0.717, 1.165) is 4.88 Å². The number of esters is 1. The van der Waals surface area contributed by atoms with Gasteiger partial charge in [-0.05, 0) is 19.1 Å². The number of carbonyl (C=O) groups is 2. The normalized spacial score (nSPS) is 9.73. The van der Waals surface area contributed by atoms with Crippen molar-refractivity contribution < 1.29 is 14.3 Å². The van der Waals surface area contributed by atoms with Gasteiger partial charge in [0.05, 0.1) is 18.4 Å². The van der Waals surface area contributed by atoms with Crippen molar-refractivity contribution in [3.63, 3.8) is 0 Å². The molecule has 0 spiro atoms. The van der Waals surface area contributed by atoms with Gasteiger partial charge in [0.25, 0.3) is 5.91 Å². The van der Waals surface area contributed by atoms with E-state index in [9.17, 15) is 9.59 Å². The Labute approximate surface area is 92.2 Å². The Hall–Kier alpha value is -1.36. The van der Waals surface area contributed by atoms with E-state index in [1.54, 1.807) is 6.07 Å². The standard InChI is InChI=1S/C10H13NO3S/c1-7-3-4-8(15-7)10(13)11-6-5-9(12)14-2/h3-4H,5-6H2,1-2H3,(H,11,13). The molecule has 0 radical (unpaired) electrons. The van der Waals surface area contributed by atoms with Gasteiger partial charge in [-0.2, -0.15) is 0 Å². The lowest BCUT2D eigenvalue weighted by atomic mass is 10.4. The molecule has 0 aliphatic carbocycles. The summed E-state index contributed by atoms with van der Waals surface area (Å²) in [6.07, 6.45) is 0.201. The zero-order valence-corrected chi connectivity index (χ0v) is 9.52. The van der Waals surface area contributed by atoms with Crippen molar-refractivity contribution in [2.45, 2.75) is 13.3 Å². The second kappa shape index (κ2) is 5.50. The van der Waals surface area contributed by atoms with Crippen molar-refractivity contribution in [3.8, 4) is 0 Å². The summed E-state index contributed by atoms with van der Waals surface area (Å²) in [5, 5.41) is 2.65. The van der Waals surface area contributed by atoms with Crippen LogP contribution in [0.1, 0.15) is 21.0 Å². The predicted molar refractivity (Wildman–Crippen MR) is 58.0 cm³/mol. The van der Waals surface area contributed by atoms with Crippen LogP contribution >= 0.6 is 11.3 Å². The van der Waals surface area contributed by atoms with Crippen molar-refractivity contribution in [3.05, 3.63) is 21.9 Å². The molecule has 82 valence electrons. The maximum Gasteiger partial charge on any atom is 0.307 e. The smallest absolute Gasteiger partial charge is 0.307 e. The third-order valence-electron chi connectivity index (χ3n) is 1.81. The maximum atomic E-state index is 11.5. The molecule has 0 saturated carbocycles. The van der Waals surface area contributed by atoms with Crippen LogP contribution in [-0.2, 0) is 9.53 Å². The lowest BCUT2D eigenvalue weighted by Crippen LogP contribution is -2.25. The van der Waals surface area contributed by atoms with Gasteiger partial charge in [-0.3, -0.25) is 9.59 Å². The van der Waals surface area contributed by atoms with Gasteiger partial charge in [0.15, 0.2) is 0 Å². The Bertz CT molecular complexity index is 359. The molecule has 1 heterocycles. The first-order valence-electron chi connectivity index (χ1n) is 4.55. The van der Waals surface area contributed by atoms with E-state index >= 15 is 0 Å². The Balaban J connectivity index is 2.34. The van der Waals surface area contributed by atoms with Crippen LogP contribution in [0.25, 0.3) is 0 Å². The number of rotatable bonds is 4. The van der Waals surface area contributed by atoms with Crippen molar-refractivity contribution in [1.29, 1.82) is 0 Å². The summed E-state index contributed by atoms with van der Waals surface area (Å²) in [6, 6.07) is 3.66. The van der Waals surface area contributed by atoms with Crippen molar-refractivity contribution >= 4 is 23.2 Å². The summed E-state index contributed by atoms with van der Waals surface area (Å²) in [5.41, 5.74) is 0. The van der Waals surface area contributed by atoms with E-state index in [4.69, 9.17) is 0 Å². The van der Waals surface area contributed by atoms with E-state index in [1.807, 2.05) is 13.0 Å². The molecule has 0 fully saturated rings. The number of aryl methyl sites for hydroxylation is 1. The fourth-order valence-electron chi connectivity index (χ4n) is 1.02. The molecule has 0 aromatic carbocycles. The lowest BCUT2D eigenvalue weighted by Gasteiger charge is -2.01. The first-order valence-corrected chi connectivity index (χ1v) is 5.36. The molecule has 1 aromatic rings. The van der Waals surface area contributed by atoms with Crippen LogP contribution in [-0.4, -0.2) is 25.5 Å². The minimum Gasteiger partial charge on any atom is -0.469 e. The van der Waals surface area contributed by atoms with E-state index in [0.29, 0.717) is 11.4 Å². The van der Waals surface area contributed by atoms with E-state index in [2.05, 4.69) is 10.1 Å². The van der Waals surface area contributed by atoms with Gasteiger partial charge < -0.3 is 10.1 Å².